The van der Waals surface area contributed by atoms with Crippen molar-refractivity contribution in [3.05, 3.63) is 80.1 Å². The van der Waals surface area contributed by atoms with E-state index in [4.69, 9.17) is 4.42 Å². The lowest BCUT2D eigenvalue weighted by molar-refractivity contribution is 0.0716. The minimum Gasteiger partial charge on any atom is -0.451 e. The number of aryl methyl sites for hydroxylation is 1. The highest BCUT2D eigenvalue weighted by molar-refractivity contribution is 7.10. The highest BCUT2D eigenvalue weighted by Gasteiger charge is 2.24. The van der Waals surface area contributed by atoms with E-state index in [1.54, 1.807) is 35.7 Å². The first-order chi connectivity index (χ1) is 13.1. The van der Waals surface area contributed by atoms with Crippen LogP contribution >= 0.6 is 22.7 Å². The molecule has 3 aromatic heterocycles. The van der Waals surface area contributed by atoms with Crippen LogP contribution in [0.2, 0.25) is 0 Å². The van der Waals surface area contributed by atoms with Crippen LogP contribution in [0.4, 0.5) is 4.39 Å². The van der Waals surface area contributed by atoms with Gasteiger partial charge in [0.05, 0.1) is 6.54 Å². The van der Waals surface area contributed by atoms with E-state index < -0.39 is 0 Å². The van der Waals surface area contributed by atoms with Crippen molar-refractivity contribution in [2.24, 2.45) is 0 Å². The third-order valence-electron chi connectivity index (χ3n) is 4.51. The minimum atomic E-state index is -0.335. The molecule has 3 heterocycles. The zero-order valence-corrected chi connectivity index (χ0v) is 16.4. The molecule has 1 aromatic carbocycles. The second kappa shape index (κ2) is 7.66. The van der Waals surface area contributed by atoms with Gasteiger partial charge in [0, 0.05) is 27.2 Å². The van der Waals surface area contributed by atoms with Gasteiger partial charge in [-0.05, 0) is 54.4 Å². The average molecular weight is 400 g/mol. The van der Waals surface area contributed by atoms with Crippen LogP contribution in [0.15, 0.2) is 57.6 Å². The van der Waals surface area contributed by atoms with E-state index in [1.165, 1.54) is 17.0 Å². The summed E-state index contributed by atoms with van der Waals surface area (Å²) in [6.07, 6.45) is 0.794. The van der Waals surface area contributed by atoms with E-state index in [0.717, 1.165) is 11.3 Å². The van der Waals surface area contributed by atoms with E-state index >= 15 is 0 Å². The van der Waals surface area contributed by atoms with Crippen molar-refractivity contribution in [1.29, 1.82) is 0 Å². The molecular formula is C21H18FNO2S2. The number of fused-ring (bicyclic) bond motifs is 1. The van der Waals surface area contributed by atoms with Gasteiger partial charge in [-0.3, -0.25) is 4.79 Å². The van der Waals surface area contributed by atoms with Gasteiger partial charge in [-0.1, -0.05) is 12.1 Å². The maximum absolute atomic E-state index is 13.6. The molecule has 4 rings (SSSR count). The van der Waals surface area contributed by atoms with Gasteiger partial charge in [0.1, 0.15) is 11.4 Å². The summed E-state index contributed by atoms with van der Waals surface area (Å²) in [7, 11) is 0. The smallest absolute Gasteiger partial charge is 0.290 e. The van der Waals surface area contributed by atoms with Crippen molar-refractivity contribution in [2.45, 2.75) is 19.9 Å². The molecule has 0 radical (unpaired) electrons. The molecule has 0 aliphatic carbocycles. The molecule has 0 aliphatic heterocycles. The fraction of sp³-hybridized carbons (Fsp3) is 0.190. The van der Waals surface area contributed by atoms with E-state index in [2.05, 4.69) is 6.07 Å². The Hall–Kier alpha value is -2.44. The highest BCUT2D eigenvalue weighted by Crippen LogP contribution is 2.28. The number of halogens is 1. The highest BCUT2D eigenvalue weighted by atomic mass is 32.1. The number of carbonyl (C=O) groups excluding carboxylic acids is 1. The van der Waals surface area contributed by atoms with Crippen LogP contribution in [0, 0.1) is 12.7 Å². The molecule has 0 fully saturated rings. The summed E-state index contributed by atoms with van der Waals surface area (Å²) in [6.45, 7) is 2.94. The topological polar surface area (TPSA) is 33.5 Å². The van der Waals surface area contributed by atoms with Gasteiger partial charge in [-0.25, -0.2) is 4.39 Å². The summed E-state index contributed by atoms with van der Waals surface area (Å²) in [6, 6.07) is 12.4. The molecule has 0 spiro atoms. The van der Waals surface area contributed by atoms with Crippen LogP contribution in [0.5, 0.6) is 0 Å². The lowest BCUT2D eigenvalue weighted by atomic mass is 10.1. The van der Waals surface area contributed by atoms with Crippen LogP contribution in [-0.2, 0) is 13.0 Å². The summed E-state index contributed by atoms with van der Waals surface area (Å²) in [5.41, 5.74) is 1.22. The zero-order valence-electron chi connectivity index (χ0n) is 14.8. The Morgan fingerprint density at radius 2 is 1.85 bits per heavy atom. The molecule has 0 saturated carbocycles. The Bertz CT molecular complexity index is 1050. The van der Waals surface area contributed by atoms with Gasteiger partial charge in [-0.2, -0.15) is 0 Å². The van der Waals surface area contributed by atoms with E-state index in [0.29, 0.717) is 35.4 Å². The largest absolute Gasteiger partial charge is 0.451 e. The summed E-state index contributed by atoms with van der Waals surface area (Å²) >= 11 is 3.32. The molecule has 4 aromatic rings. The number of amides is 1. The Morgan fingerprint density at radius 1 is 1.11 bits per heavy atom. The van der Waals surface area contributed by atoms with Crippen molar-refractivity contribution < 1.29 is 13.6 Å². The molecule has 27 heavy (non-hydrogen) atoms. The molecule has 6 heteroatoms. The first-order valence-electron chi connectivity index (χ1n) is 8.64. The predicted molar refractivity (Wildman–Crippen MR) is 108 cm³/mol. The Kier molecular flexibility index (Phi) is 5.09. The molecule has 0 atom stereocenters. The van der Waals surface area contributed by atoms with Gasteiger partial charge in [0.15, 0.2) is 5.76 Å². The van der Waals surface area contributed by atoms with Gasteiger partial charge in [-0.15, -0.1) is 22.7 Å². The second-order valence-electron chi connectivity index (χ2n) is 6.33. The molecular weight excluding hydrogens is 381 g/mol. The fourth-order valence-electron chi connectivity index (χ4n) is 3.08. The molecule has 0 unspecified atom stereocenters. The second-order valence-corrected chi connectivity index (χ2v) is 8.40. The monoisotopic (exact) mass is 399 g/mol. The number of carbonyl (C=O) groups is 1. The number of thiophene rings is 2. The number of furan rings is 1. The minimum absolute atomic E-state index is 0.158. The van der Waals surface area contributed by atoms with Crippen molar-refractivity contribution in [2.75, 3.05) is 6.54 Å². The summed E-state index contributed by atoms with van der Waals surface area (Å²) < 4.78 is 19.4. The van der Waals surface area contributed by atoms with E-state index in [9.17, 15) is 9.18 Å². The van der Waals surface area contributed by atoms with Gasteiger partial charge < -0.3 is 9.32 Å². The lowest BCUT2D eigenvalue weighted by Crippen LogP contribution is -2.32. The van der Waals surface area contributed by atoms with Crippen molar-refractivity contribution >= 4 is 39.5 Å². The molecule has 0 N–H and O–H groups in total. The molecule has 3 nitrogen and oxygen atoms in total. The van der Waals surface area contributed by atoms with Crippen molar-refractivity contribution in [3.8, 4) is 0 Å². The SMILES string of the molecule is Cc1c(C(=O)N(CCc2cccs2)Cc2cccs2)oc2ccc(F)cc12. The first kappa shape index (κ1) is 17.9. The third kappa shape index (κ3) is 3.82. The number of hydrogen-bond acceptors (Lipinski definition) is 4. The Morgan fingerprint density at radius 3 is 2.56 bits per heavy atom. The number of nitrogens with zero attached hydrogens (tertiary/aromatic N) is 1. The quantitative estimate of drug-likeness (QED) is 0.405. The Labute approximate surface area is 164 Å². The maximum Gasteiger partial charge on any atom is 0.290 e. The van der Waals surface area contributed by atoms with Crippen molar-refractivity contribution in [1.82, 2.24) is 4.90 Å². The first-order valence-corrected chi connectivity index (χ1v) is 10.4. The number of hydrogen-bond donors (Lipinski definition) is 0. The lowest BCUT2D eigenvalue weighted by Gasteiger charge is -2.21. The van der Waals surface area contributed by atoms with Crippen molar-refractivity contribution in [3.63, 3.8) is 0 Å². The molecule has 138 valence electrons. The predicted octanol–water partition coefficient (Wildman–Crippen LogP) is 5.89. The normalized spacial score (nSPS) is 11.2. The van der Waals surface area contributed by atoms with Gasteiger partial charge in [0.2, 0.25) is 0 Å². The molecule has 0 aliphatic rings. The molecule has 0 saturated heterocycles. The van der Waals surface area contributed by atoms with Crippen LogP contribution in [0.3, 0.4) is 0 Å². The summed E-state index contributed by atoms with van der Waals surface area (Å²) in [4.78, 5) is 17.4. The summed E-state index contributed by atoms with van der Waals surface area (Å²) in [5.74, 6) is -0.203. The van der Waals surface area contributed by atoms with Crippen LogP contribution < -0.4 is 0 Å². The number of rotatable bonds is 6. The third-order valence-corrected chi connectivity index (χ3v) is 6.31. The average Bonchev–Trinajstić information content (AvgIpc) is 3.41. The summed E-state index contributed by atoms with van der Waals surface area (Å²) in [5, 5.41) is 4.69. The standard InChI is InChI=1S/C21H18FNO2S2/c1-14-18-12-15(22)6-7-19(18)25-20(14)21(24)23(13-17-5-3-11-27-17)9-8-16-4-2-10-26-16/h2-7,10-12H,8-9,13H2,1H3. The maximum atomic E-state index is 13.6. The molecule has 1 amide bonds. The van der Waals surface area contributed by atoms with Crippen LogP contribution in [0.25, 0.3) is 11.0 Å². The number of benzene rings is 1. The van der Waals surface area contributed by atoms with Gasteiger partial charge >= 0.3 is 0 Å². The van der Waals surface area contributed by atoms with Crippen LogP contribution in [-0.4, -0.2) is 17.4 Å². The van der Waals surface area contributed by atoms with Gasteiger partial charge in [0.25, 0.3) is 5.91 Å². The fourth-order valence-corrected chi connectivity index (χ4v) is 4.50. The van der Waals surface area contributed by atoms with Crippen LogP contribution in [0.1, 0.15) is 25.9 Å². The molecule has 0 bridgehead atoms. The van der Waals surface area contributed by atoms with E-state index in [1.807, 2.05) is 33.9 Å². The zero-order chi connectivity index (χ0) is 18.8. The van der Waals surface area contributed by atoms with E-state index in [-0.39, 0.29) is 11.7 Å². The Balaban J connectivity index is 1.63.